The first-order chi connectivity index (χ1) is 15.3. The largest absolute Gasteiger partial charge is 0.352 e. The molecule has 2 aromatic rings. The van der Waals surface area contributed by atoms with Crippen LogP contribution in [-0.2, 0) is 22.7 Å². The minimum Gasteiger partial charge on any atom is -0.352 e. The molecule has 4 nitrogen and oxygen atoms in total. The molecule has 0 unspecified atom stereocenters. The summed E-state index contributed by atoms with van der Waals surface area (Å²) in [6.07, 6.45) is 6.80. The minimum absolute atomic E-state index is 0.0217. The molecule has 2 amide bonds. The van der Waals surface area contributed by atoms with Gasteiger partial charge < -0.3 is 10.6 Å². The summed E-state index contributed by atoms with van der Waals surface area (Å²) in [6.45, 7) is 0.808. The molecule has 0 heterocycles. The van der Waals surface area contributed by atoms with Crippen LogP contribution in [0.1, 0.15) is 62.5 Å². The Kier molecular flexibility index (Phi) is 12.3. The lowest BCUT2D eigenvalue weighted by atomic mass is 10.1. The van der Waals surface area contributed by atoms with Gasteiger partial charge >= 0.3 is 0 Å². The Balaban J connectivity index is 1.46. The number of benzene rings is 2. The highest BCUT2D eigenvalue weighted by molar-refractivity contribution is 6.35. The number of amides is 2. The zero-order chi connectivity index (χ0) is 23.3. The van der Waals surface area contributed by atoms with E-state index < -0.39 is 0 Å². The molecular weight excluding hydrogens is 490 g/mol. The van der Waals surface area contributed by atoms with E-state index >= 15 is 0 Å². The highest BCUT2D eigenvalue weighted by Gasteiger charge is 2.06. The fraction of sp³-hybridized carbons (Fsp3) is 0.417. The van der Waals surface area contributed by atoms with Crippen molar-refractivity contribution in [2.24, 2.45) is 0 Å². The third-order valence-electron chi connectivity index (χ3n) is 5.04. The summed E-state index contributed by atoms with van der Waals surface area (Å²) < 4.78 is 0. The zero-order valence-corrected chi connectivity index (χ0v) is 20.9. The predicted molar refractivity (Wildman–Crippen MR) is 134 cm³/mol. The first kappa shape index (κ1) is 26.8. The molecule has 2 N–H and O–H groups in total. The normalized spacial score (nSPS) is 10.8. The second-order valence-electron chi connectivity index (χ2n) is 7.65. The van der Waals surface area contributed by atoms with Gasteiger partial charge in [0.2, 0.25) is 11.8 Å². The lowest BCUT2D eigenvalue weighted by Crippen LogP contribution is -2.22. The summed E-state index contributed by atoms with van der Waals surface area (Å²) in [4.78, 5) is 23.9. The third-order valence-corrected chi connectivity index (χ3v) is 6.21. The van der Waals surface area contributed by atoms with Crippen molar-refractivity contribution in [3.63, 3.8) is 0 Å². The lowest BCUT2D eigenvalue weighted by molar-refractivity contribution is -0.122. The van der Waals surface area contributed by atoms with Crippen LogP contribution in [0.2, 0.25) is 20.1 Å². The Morgan fingerprint density at radius 1 is 0.594 bits per heavy atom. The minimum atomic E-state index is 0.0217. The third kappa shape index (κ3) is 10.4. The topological polar surface area (TPSA) is 58.2 Å². The first-order valence-corrected chi connectivity index (χ1v) is 12.3. The maximum Gasteiger partial charge on any atom is 0.220 e. The molecule has 0 saturated heterocycles. The Bertz CT molecular complexity index is 832. The Morgan fingerprint density at radius 2 is 0.969 bits per heavy atom. The second kappa shape index (κ2) is 14.6. The van der Waals surface area contributed by atoms with Crippen LogP contribution in [0.5, 0.6) is 0 Å². The van der Waals surface area contributed by atoms with E-state index in [1.54, 1.807) is 24.3 Å². The van der Waals surface area contributed by atoms with E-state index in [1.165, 1.54) is 0 Å². The van der Waals surface area contributed by atoms with Crippen molar-refractivity contribution in [3.8, 4) is 0 Å². The predicted octanol–water partition coefficient (Wildman–Crippen LogP) is 7.35. The molecule has 32 heavy (non-hydrogen) atoms. The quantitative estimate of drug-likeness (QED) is 0.273. The molecular formula is C24H28Cl4N2O2. The molecule has 0 radical (unpaired) electrons. The molecule has 0 bridgehead atoms. The number of rotatable bonds is 13. The lowest BCUT2D eigenvalue weighted by Gasteiger charge is -2.08. The van der Waals surface area contributed by atoms with Crippen molar-refractivity contribution in [1.29, 1.82) is 0 Å². The summed E-state index contributed by atoms with van der Waals surface area (Å²) in [5.74, 6) is 0.0435. The van der Waals surface area contributed by atoms with Gasteiger partial charge in [-0.25, -0.2) is 0 Å². The van der Waals surface area contributed by atoms with Crippen LogP contribution < -0.4 is 10.6 Å². The second-order valence-corrected chi connectivity index (χ2v) is 9.33. The maximum absolute atomic E-state index is 12.0. The molecule has 0 fully saturated rings. The number of halogens is 4. The number of carbonyl (C=O) groups is 2. The fourth-order valence-corrected chi connectivity index (χ4v) is 4.12. The molecule has 2 aromatic carbocycles. The van der Waals surface area contributed by atoms with Crippen molar-refractivity contribution in [2.45, 2.75) is 64.5 Å². The first-order valence-electron chi connectivity index (χ1n) is 10.8. The van der Waals surface area contributed by atoms with E-state index in [1.807, 2.05) is 12.1 Å². The molecule has 0 aliphatic heterocycles. The van der Waals surface area contributed by atoms with Crippen molar-refractivity contribution >= 4 is 58.2 Å². The van der Waals surface area contributed by atoms with Crippen LogP contribution in [0.3, 0.4) is 0 Å². The van der Waals surface area contributed by atoms with Gasteiger partial charge in [0.05, 0.1) is 0 Å². The van der Waals surface area contributed by atoms with E-state index in [-0.39, 0.29) is 11.8 Å². The monoisotopic (exact) mass is 516 g/mol. The summed E-state index contributed by atoms with van der Waals surface area (Å²) >= 11 is 24.0. The molecule has 0 aliphatic rings. The Labute approximate surface area is 210 Å². The number of hydrogen-bond donors (Lipinski definition) is 2. The van der Waals surface area contributed by atoms with E-state index in [4.69, 9.17) is 46.4 Å². The number of carbonyl (C=O) groups excluding carboxylic acids is 2. The summed E-state index contributed by atoms with van der Waals surface area (Å²) in [7, 11) is 0. The van der Waals surface area contributed by atoms with Gasteiger partial charge in [-0.15, -0.1) is 0 Å². The maximum atomic E-state index is 12.0. The van der Waals surface area contributed by atoms with E-state index in [2.05, 4.69) is 10.6 Å². The average Bonchev–Trinajstić information content (AvgIpc) is 2.74. The molecule has 0 spiro atoms. The standard InChI is InChI=1S/C24H28Cl4N2O2/c25-19-11-9-17(21(27)13-19)15-29-23(31)7-5-3-1-2-4-6-8-24(32)30-16-18-10-12-20(26)14-22(18)28/h9-14H,1-8,15-16H2,(H,29,31)(H,30,32). The van der Waals surface area contributed by atoms with Crippen molar-refractivity contribution in [1.82, 2.24) is 10.6 Å². The van der Waals surface area contributed by atoms with Crippen molar-refractivity contribution < 1.29 is 9.59 Å². The van der Waals surface area contributed by atoms with Gasteiger partial charge in [0.1, 0.15) is 0 Å². The molecule has 174 valence electrons. The Morgan fingerprint density at radius 3 is 1.34 bits per heavy atom. The SMILES string of the molecule is O=C(CCCCCCCCC(=O)NCc1ccc(Cl)cc1Cl)NCc1ccc(Cl)cc1Cl. The van der Waals surface area contributed by atoms with Gasteiger partial charge in [0.15, 0.2) is 0 Å². The summed E-state index contributed by atoms with van der Waals surface area (Å²) in [5.41, 5.74) is 1.70. The zero-order valence-electron chi connectivity index (χ0n) is 17.9. The van der Waals surface area contributed by atoms with Crippen LogP contribution in [0.4, 0.5) is 0 Å². The average molecular weight is 518 g/mol. The van der Waals surface area contributed by atoms with E-state index in [0.29, 0.717) is 46.0 Å². The van der Waals surface area contributed by atoms with Crippen LogP contribution in [0.25, 0.3) is 0 Å². The van der Waals surface area contributed by atoms with Crippen LogP contribution in [0, 0.1) is 0 Å². The highest BCUT2D eigenvalue weighted by Crippen LogP contribution is 2.21. The molecule has 0 aliphatic carbocycles. The summed E-state index contributed by atoms with van der Waals surface area (Å²) in [5, 5.41) is 8.04. The number of unbranched alkanes of at least 4 members (excludes halogenated alkanes) is 5. The van der Waals surface area contributed by atoms with Gasteiger partial charge in [-0.2, -0.15) is 0 Å². The smallest absolute Gasteiger partial charge is 0.220 e. The van der Waals surface area contributed by atoms with Gasteiger partial charge in [0, 0.05) is 46.0 Å². The molecule has 0 saturated carbocycles. The van der Waals surface area contributed by atoms with Crippen molar-refractivity contribution in [2.75, 3.05) is 0 Å². The van der Waals surface area contributed by atoms with Crippen LogP contribution >= 0.6 is 46.4 Å². The Hall–Kier alpha value is -1.46. The van der Waals surface area contributed by atoms with Gasteiger partial charge in [-0.3, -0.25) is 9.59 Å². The number of nitrogens with one attached hydrogen (secondary N) is 2. The van der Waals surface area contributed by atoms with Gasteiger partial charge in [0.25, 0.3) is 0 Å². The van der Waals surface area contributed by atoms with Gasteiger partial charge in [-0.1, -0.05) is 84.2 Å². The summed E-state index contributed by atoms with van der Waals surface area (Å²) in [6, 6.07) is 10.5. The number of hydrogen-bond acceptors (Lipinski definition) is 2. The van der Waals surface area contributed by atoms with Crippen LogP contribution in [0.15, 0.2) is 36.4 Å². The molecule has 0 aromatic heterocycles. The molecule has 8 heteroatoms. The fourth-order valence-electron chi connectivity index (χ4n) is 3.17. The van der Waals surface area contributed by atoms with Crippen LogP contribution in [-0.4, -0.2) is 11.8 Å². The molecule has 2 rings (SSSR count). The van der Waals surface area contributed by atoms with Gasteiger partial charge in [-0.05, 0) is 48.2 Å². The van der Waals surface area contributed by atoms with E-state index in [0.717, 1.165) is 49.7 Å². The van der Waals surface area contributed by atoms with E-state index in [9.17, 15) is 9.59 Å². The highest BCUT2D eigenvalue weighted by atomic mass is 35.5. The molecule has 0 atom stereocenters. The van der Waals surface area contributed by atoms with Crippen molar-refractivity contribution in [3.05, 3.63) is 67.6 Å².